The van der Waals surface area contributed by atoms with Crippen LogP contribution in [-0.2, 0) is 4.52 Å². The molecule has 1 unspecified atom stereocenters. The Labute approximate surface area is 102 Å². The van der Waals surface area contributed by atoms with Gasteiger partial charge in [-0.15, -0.1) is 0 Å². The zero-order valence-electron chi connectivity index (χ0n) is 9.78. The van der Waals surface area contributed by atoms with Gasteiger partial charge in [0.1, 0.15) is 5.82 Å². The number of nitrogens with zero attached hydrogens (tertiary/aromatic N) is 3. The molecule has 2 atom stereocenters. The molecule has 1 aromatic rings. The molecule has 0 aliphatic carbocycles. The molecule has 1 aliphatic rings. The highest BCUT2D eigenvalue weighted by molar-refractivity contribution is 7.45. The van der Waals surface area contributed by atoms with E-state index in [2.05, 4.69) is 21.4 Å². The van der Waals surface area contributed by atoms with Gasteiger partial charge in [-0.3, -0.25) is 0 Å². The third-order valence-electron chi connectivity index (χ3n) is 2.61. The second-order valence-electron chi connectivity index (χ2n) is 3.90. The van der Waals surface area contributed by atoms with E-state index in [-0.39, 0.29) is 6.10 Å². The van der Waals surface area contributed by atoms with Crippen molar-refractivity contribution in [3.8, 4) is 0 Å². The van der Waals surface area contributed by atoms with Gasteiger partial charge in [0.25, 0.3) is 0 Å². The minimum atomic E-state index is -1.28. The van der Waals surface area contributed by atoms with Crippen LogP contribution in [0.1, 0.15) is 12.2 Å². The molecular formula is C11H16N3O2P. The van der Waals surface area contributed by atoms with Crippen molar-refractivity contribution in [1.82, 2.24) is 9.97 Å². The third-order valence-corrected chi connectivity index (χ3v) is 3.22. The van der Waals surface area contributed by atoms with E-state index in [9.17, 15) is 4.89 Å². The maximum Gasteiger partial charge on any atom is 0.164 e. The van der Waals surface area contributed by atoms with E-state index in [1.54, 1.807) is 18.9 Å². The Morgan fingerprint density at radius 2 is 2.53 bits per heavy atom. The van der Waals surface area contributed by atoms with Crippen molar-refractivity contribution in [1.29, 1.82) is 0 Å². The summed E-state index contributed by atoms with van der Waals surface area (Å²) >= 11 is 0. The van der Waals surface area contributed by atoms with Crippen molar-refractivity contribution in [2.24, 2.45) is 0 Å². The summed E-state index contributed by atoms with van der Waals surface area (Å²) in [6, 6.07) is 1.88. The van der Waals surface area contributed by atoms with Crippen LogP contribution in [0.5, 0.6) is 0 Å². The molecule has 5 nitrogen and oxygen atoms in total. The lowest BCUT2D eigenvalue weighted by Crippen LogP contribution is -2.23. The van der Waals surface area contributed by atoms with Crippen LogP contribution in [0.4, 0.5) is 5.82 Å². The van der Waals surface area contributed by atoms with E-state index in [1.165, 1.54) is 0 Å². The van der Waals surface area contributed by atoms with E-state index in [0.29, 0.717) is 5.82 Å². The maximum atomic E-state index is 9.24. The summed E-state index contributed by atoms with van der Waals surface area (Å²) in [7, 11) is -1.28. The predicted octanol–water partition coefficient (Wildman–Crippen LogP) is 1.65. The molecule has 0 amide bonds. The molecule has 0 radical (unpaired) electrons. The Morgan fingerprint density at radius 3 is 3.24 bits per heavy atom. The zero-order chi connectivity index (χ0) is 12.3. The molecule has 0 bridgehead atoms. The molecule has 1 aliphatic heterocycles. The van der Waals surface area contributed by atoms with Gasteiger partial charge in [-0.1, -0.05) is 6.58 Å². The van der Waals surface area contributed by atoms with Gasteiger partial charge in [0.15, 0.2) is 14.2 Å². The van der Waals surface area contributed by atoms with Gasteiger partial charge in [-0.05, 0) is 18.6 Å². The van der Waals surface area contributed by atoms with E-state index in [4.69, 9.17) is 4.52 Å². The summed E-state index contributed by atoms with van der Waals surface area (Å²) in [6.45, 7) is 7.00. The molecular weight excluding hydrogens is 237 g/mol. The molecule has 1 saturated heterocycles. The number of hydrogen-bond donors (Lipinski definition) is 1. The minimum Gasteiger partial charge on any atom is -0.354 e. The van der Waals surface area contributed by atoms with Gasteiger partial charge < -0.3 is 14.3 Å². The Balaban J connectivity index is 2.01. The van der Waals surface area contributed by atoms with Crippen LogP contribution in [0.3, 0.4) is 0 Å². The van der Waals surface area contributed by atoms with Crippen LogP contribution in [0.15, 0.2) is 18.8 Å². The molecule has 0 aromatic carbocycles. The molecule has 0 saturated carbocycles. The fourth-order valence-corrected chi connectivity index (χ4v) is 2.48. The lowest BCUT2D eigenvalue weighted by Gasteiger charge is -2.18. The summed E-state index contributed by atoms with van der Waals surface area (Å²) in [4.78, 5) is 19.8. The van der Waals surface area contributed by atoms with Crippen molar-refractivity contribution >= 4 is 20.3 Å². The Morgan fingerprint density at radius 1 is 1.71 bits per heavy atom. The normalized spacial score (nSPS) is 21.5. The van der Waals surface area contributed by atoms with Crippen LogP contribution in [0.25, 0.3) is 6.08 Å². The maximum absolute atomic E-state index is 9.24. The first-order valence-electron chi connectivity index (χ1n) is 5.49. The zero-order valence-corrected chi connectivity index (χ0v) is 10.7. The first-order chi connectivity index (χ1) is 8.19. The molecule has 1 aromatic heterocycles. The highest BCUT2D eigenvalue weighted by Gasteiger charge is 2.25. The van der Waals surface area contributed by atoms with Gasteiger partial charge in [-0.25, -0.2) is 9.97 Å². The fraction of sp³-hybridized carbons (Fsp3) is 0.455. The molecule has 92 valence electrons. The number of rotatable bonds is 4. The smallest absolute Gasteiger partial charge is 0.164 e. The Bertz CT molecular complexity index is 400. The standard InChI is InChI=1S/C11H16N3O2P/c1-3-10-12-6-4-11(13-10)14-7-5-9(8-14)16-17(2)15/h3-4,6,9,15H,1,5,7-8H2,2H3/t9-,17?/m1/s1. The SMILES string of the molecule is C=Cc1nccc(N2CC[C@@H](OP(C)O)C2)n1. The average Bonchev–Trinajstić information content (AvgIpc) is 2.77. The van der Waals surface area contributed by atoms with E-state index in [1.807, 2.05) is 6.07 Å². The minimum absolute atomic E-state index is 0.0956. The van der Waals surface area contributed by atoms with Gasteiger partial charge >= 0.3 is 0 Å². The first-order valence-corrected chi connectivity index (χ1v) is 7.15. The fourth-order valence-electron chi connectivity index (χ4n) is 1.88. The van der Waals surface area contributed by atoms with Crippen LogP contribution < -0.4 is 4.90 Å². The second-order valence-corrected chi connectivity index (χ2v) is 5.04. The highest BCUT2D eigenvalue weighted by Crippen LogP contribution is 2.31. The van der Waals surface area contributed by atoms with Crippen molar-refractivity contribution in [2.45, 2.75) is 12.5 Å². The second kappa shape index (κ2) is 5.54. The third kappa shape index (κ3) is 3.22. The molecule has 1 N–H and O–H groups in total. The van der Waals surface area contributed by atoms with Crippen LogP contribution in [0, 0.1) is 0 Å². The van der Waals surface area contributed by atoms with Crippen LogP contribution in [-0.4, -0.2) is 40.7 Å². The molecule has 0 spiro atoms. The van der Waals surface area contributed by atoms with E-state index >= 15 is 0 Å². The summed E-state index contributed by atoms with van der Waals surface area (Å²) in [5.41, 5.74) is 0. The van der Waals surface area contributed by atoms with Crippen molar-refractivity contribution in [3.63, 3.8) is 0 Å². The predicted molar refractivity (Wildman–Crippen MR) is 68.9 cm³/mol. The van der Waals surface area contributed by atoms with Gasteiger partial charge in [-0.2, -0.15) is 0 Å². The van der Waals surface area contributed by atoms with E-state index in [0.717, 1.165) is 25.3 Å². The van der Waals surface area contributed by atoms with Crippen LogP contribution >= 0.6 is 8.38 Å². The molecule has 1 fully saturated rings. The lowest BCUT2D eigenvalue weighted by molar-refractivity contribution is 0.227. The number of hydrogen-bond acceptors (Lipinski definition) is 5. The largest absolute Gasteiger partial charge is 0.354 e. The van der Waals surface area contributed by atoms with Gasteiger partial charge in [0.2, 0.25) is 0 Å². The molecule has 2 rings (SSSR count). The van der Waals surface area contributed by atoms with Crippen LogP contribution in [0.2, 0.25) is 0 Å². The first kappa shape index (κ1) is 12.4. The molecule has 17 heavy (non-hydrogen) atoms. The Hall–Kier alpha value is -1.03. The summed E-state index contributed by atoms with van der Waals surface area (Å²) in [5, 5.41) is 0. The van der Waals surface area contributed by atoms with Crippen molar-refractivity contribution < 1.29 is 9.42 Å². The highest BCUT2D eigenvalue weighted by atomic mass is 31.2. The summed E-state index contributed by atoms with van der Waals surface area (Å²) in [6.07, 6.45) is 4.37. The molecule has 6 heteroatoms. The number of aromatic nitrogens is 2. The summed E-state index contributed by atoms with van der Waals surface area (Å²) in [5.74, 6) is 1.52. The van der Waals surface area contributed by atoms with Gasteiger partial charge in [0, 0.05) is 26.0 Å². The Kier molecular flexibility index (Phi) is 4.05. The van der Waals surface area contributed by atoms with E-state index < -0.39 is 8.38 Å². The van der Waals surface area contributed by atoms with Crippen molar-refractivity contribution in [3.05, 3.63) is 24.7 Å². The topological polar surface area (TPSA) is 58.5 Å². The lowest BCUT2D eigenvalue weighted by atomic mass is 10.3. The monoisotopic (exact) mass is 253 g/mol. The quantitative estimate of drug-likeness (QED) is 0.827. The summed E-state index contributed by atoms with van der Waals surface area (Å²) < 4.78 is 5.43. The number of anilines is 1. The van der Waals surface area contributed by atoms with Crippen molar-refractivity contribution in [2.75, 3.05) is 24.7 Å². The average molecular weight is 253 g/mol. The van der Waals surface area contributed by atoms with Gasteiger partial charge in [0.05, 0.1) is 6.10 Å². The molecule has 2 heterocycles.